The van der Waals surface area contributed by atoms with Crippen molar-refractivity contribution in [1.29, 1.82) is 0 Å². The van der Waals surface area contributed by atoms with Gasteiger partial charge < -0.3 is 20.4 Å². The molecule has 0 saturated carbocycles. The van der Waals surface area contributed by atoms with E-state index in [2.05, 4.69) is 107 Å². The third-order valence-electron chi connectivity index (χ3n) is 11.8. The number of hydrogen-bond acceptors (Lipinski definition) is 4. The highest BCUT2D eigenvalue weighted by molar-refractivity contribution is 5.58. The van der Waals surface area contributed by atoms with Crippen molar-refractivity contribution in [2.45, 2.75) is 163 Å². The van der Waals surface area contributed by atoms with E-state index in [1.807, 2.05) is 0 Å². The minimum Gasteiger partial charge on any atom is -0.395 e. The molecular weight excluding hydrogens is 556 g/mol. The summed E-state index contributed by atoms with van der Waals surface area (Å²) >= 11 is 0. The molecule has 0 heterocycles. The second-order valence-electron chi connectivity index (χ2n) is 14.5. The zero-order chi connectivity index (χ0) is 34.3. The molecule has 6 unspecified atom stereocenters. The molecule has 256 valence electrons. The fourth-order valence-electron chi connectivity index (χ4n) is 6.88. The van der Waals surface area contributed by atoms with Crippen LogP contribution >= 0.6 is 0 Å². The number of aliphatic hydroxyl groups excluding tert-OH is 3. The lowest BCUT2D eigenvalue weighted by molar-refractivity contribution is -0.137. The van der Waals surface area contributed by atoms with E-state index in [4.69, 9.17) is 0 Å². The lowest BCUT2D eigenvalue weighted by Gasteiger charge is -2.50. The Hall–Kier alpha value is -1.72. The predicted octanol–water partition coefficient (Wildman–Crippen LogP) is 9.97. The maximum absolute atomic E-state index is 14.1. The molecule has 0 spiro atoms. The van der Waals surface area contributed by atoms with E-state index in [1.165, 1.54) is 11.1 Å². The van der Waals surface area contributed by atoms with E-state index in [0.717, 1.165) is 71.9 Å². The molecule has 4 N–H and O–H groups in total. The SMILES string of the molecule is CCC(C)c1cc(C(C)CC)c(C(O)(c2c(C(C)CC)cc(C(C)CC)cc2C(C)CC)C(CO)(CO)CO)c(C(C)CC)c1. The molecule has 4 heteroatoms. The molecule has 0 radical (unpaired) electrons. The molecule has 2 rings (SSSR count). The van der Waals surface area contributed by atoms with Gasteiger partial charge in [-0.05, 0) is 119 Å². The summed E-state index contributed by atoms with van der Waals surface area (Å²) in [5.74, 6) is 1.15. The summed E-state index contributed by atoms with van der Waals surface area (Å²) in [4.78, 5) is 0. The molecule has 0 aliphatic heterocycles. The second-order valence-corrected chi connectivity index (χ2v) is 14.5. The minimum absolute atomic E-state index is 0.116. The average molecular weight is 625 g/mol. The van der Waals surface area contributed by atoms with Crippen molar-refractivity contribution in [2.24, 2.45) is 5.41 Å². The molecule has 2 aromatic rings. The van der Waals surface area contributed by atoms with Gasteiger partial charge in [0.15, 0.2) is 0 Å². The topological polar surface area (TPSA) is 80.9 Å². The van der Waals surface area contributed by atoms with Crippen LogP contribution in [0.5, 0.6) is 0 Å². The monoisotopic (exact) mass is 625 g/mol. The third kappa shape index (κ3) is 7.40. The summed E-state index contributed by atoms with van der Waals surface area (Å²) in [5, 5.41) is 47.8. The summed E-state index contributed by atoms with van der Waals surface area (Å²) < 4.78 is 0. The van der Waals surface area contributed by atoms with Gasteiger partial charge in [0.2, 0.25) is 0 Å². The van der Waals surface area contributed by atoms with Gasteiger partial charge in [0, 0.05) is 0 Å². The van der Waals surface area contributed by atoms with Gasteiger partial charge in [0.25, 0.3) is 0 Å². The zero-order valence-electron chi connectivity index (χ0n) is 30.9. The molecule has 2 aromatic carbocycles. The highest BCUT2D eigenvalue weighted by Gasteiger charge is 2.56. The second kappa shape index (κ2) is 16.9. The van der Waals surface area contributed by atoms with Gasteiger partial charge in [0.05, 0.1) is 25.2 Å². The summed E-state index contributed by atoms with van der Waals surface area (Å²) in [6.45, 7) is 24.9. The summed E-state index contributed by atoms with van der Waals surface area (Å²) in [5.41, 5.74) is 4.82. The lowest BCUT2D eigenvalue weighted by Crippen LogP contribution is -2.56. The van der Waals surface area contributed by atoms with Crippen LogP contribution < -0.4 is 0 Å². The van der Waals surface area contributed by atoms with Gasteiger partial charge in [-0.1, -0.05) is 107 Å². The first-order chi connectivity index (χ1) is 21.3. The fourth-order valence-corrected chi connectivity index (χ4v) is 6.88. The highest BCUT2D eigenvalue weighted by atomic mass is 16.3. The van der Waals surface area contributed by atoms with E-state index in [9.17, 15) is 20.4 Å². The highest BCUT2D eigenvalue weighted by Crippen LogP contribution is 2.55. The predicted molar refractivity (Wildman–Crippen MR) is 192 cm³/mol. The first-order valence-corrected chi connectivity index (χ1v) is 18.2. The summed E-state index contributed by atoms with van der Waals surface area (Å²) in [6, 6.07) is 9.13. The normalized spacial score (nSPS) is 17.8. The zero-order valence-corrected chi connectivity index (χ0v) is 30.9. The Morgan fingerprint density at radius 1 is 0.444 bits per heavy atom. The van der Waals surface area contributed by atoms with Crippen LogP contribution in [0, 0.1) is 5.41 Å². The minimum atomic E-state index is -1.86. The van der Waals surface area contributed by atoms with Crippen LogP contribution in [0.4, 0.5) is 0 Å². The van der Waals surface area contributed by atoms with Crippen LogP contribution in [-0.4, -0.2) is 40.2 Å². The van der Waals surface area contributed by atoms with Gasteiger partial charge >= 0.3 is 0 Å². The Morgan fingerprint density at radius 3 is 0.844 bits per heavy atom. The Labute approximate surface area is 276 Å². The van der Waals surface area contributed by atoms with E-state index >= 15 is 0 Å². The van der Waals surface area contributed by atoms with Crippen LogP contribution in [0.25, 0.3) is 0 Å². The van der Waals surface area contributed by atoms with Crippen molar-refractivity contribution < 1.29 is 20.4 Å². The first kappa shape index (κ1) is 39.5. The van der Waals surface area contributed by atoms with Gasteiger partial charge in [0.1, 0.15) is 5.60 Å². The summed E-state index contributed by atoms with van der Waals surface area (Å²) in [6.07, 6.45) is 5.51. The summed E-state index contributed by atoms with van der Waals surface area (Å²) in [7, 11) is 0. The molecule has 0 amide bonds. The molecule has 0 aliphatic rings. The van der Waals surface area contributed by atoms with Crippen molar-refractivity contribution in [2.75, 3.05) is 19.8 Å². The van der Waals surface area contributed by atoms with Crippen LogP contribution in [-0.2, 0) is 5.60 Å². The lowest BCUT2D eigenvalue weighted by atomic mass is 9.58. The first-order valence-electron chi connectivity index (χ1n) is 18.2. The van der Waals surface area contributed by atoms with Crippen LogP contribution in [0.1, 0.15) is 202 Å². The molecular formula is C41H68O4. The molecule has 4 nitrogen and oxygen atoms in total. The number of hydrogen-bond donors (Lipinski definition) is 4. The Morgan fingerprint density at radius 2 is 0.667 bits per heavy atom. The van der Waals surface area contributed by atoms with Crippen LogP contribution in [0.15, 0.2) is 24.3 Å². The molecule has 0 fully saturated rings. The third-order valence-corrected chi connectivity index (χ3v) is 11.8. The Bertz CT molecular complexity index is 1060. The quantitative estimate of drug-likeness (QED) is 0.133. The van der Waals surface area contributed by atoms with Gasteiger partial charge in [-0.25, -0.2) is 0 Å². The van der Waals surface area contributed by atoms with E-state index in [1.54, 1.807) is 0 Å². The largest absolute Gasteiger partial charge is 0.395 e. The number of rotatable bonds is 18. The van der Waals surface area contributed by atoms with E-state index in [0.29, 0.717) is 11.8 Å². The van der Waals surface area contributed by atoms with Gasteiger partial charge in [-0.3, -0.25) is 0 Å². The Kier molecular flexibility index (Phi) is 14.8. The van der Waals surface area contributed by atoms with Gasteiger partial charge in [-0.2, -0.15) is 0 Å². The van der Waals surface area contributed by atoms with E-state index < -0.39 is 30.8 Å². The van der Waals surface area contributed by atoms with Crippen molar-refractivity contribution in [3.8, 4) is 0 Å². The average Bonchev–Trinajstić information content (AvgIpc) is 3.08. The standard InChI is InChI=1S/C41H68O4/c1-13-26(7)32-19-34(28(9)15-3)38(35(20-32)29(10)16-4)41(45,40(23-42,24-43)25-44)39-36(30(11)17-5)21-33(27(8)14-2)22-37(39)31(12)18-6/h19-22,26-31,42-45H,13-18,23-25H2,1-12H3. The fraction of sp³-hybridized carbons (Fsp3) is 0.707. The molecule has 6 atom stereocenters. The smallest absolute Gasteiger partial charge is 0.128 e. The maximum atomic E-state index is 14.1. The van der Waals surface area contributed by atoms with E-state index in [-0.39, 0.29) is 23.7 Å². The van der Waals surface area contributed by atoms with Crippen molar-refractivity contribution in [3.63, 3.8) is 0 Å². The number of benzene rings is 2. The molecule has 0 bridgehead atoms. The van der Waals surface area contributed by atoms with Crippen molar-refractivity contribution in [3.05, 3.63) is 68.8 Å². The van der Waals surface area contributed by atoms with Gasteiger partial charge in [-0.15, -0.1) is 0 Å². The number of aliphatic hydroxyl groups is 4. The molecule has 45 heavy (non-hydrogen) atoms. The van der Waals surface area contributed by atoms with Crippen molar-refractivity contribution in [1.82, 2.24) is 0 Å². The Balaban J connectivity index is 3.52. The molecule has 0 aromatic heterocycles. The van der Waals surface area contributed by atoms with Crippen LogP contribution in [0.2, 0.25) is 0 Å². The van der Waals surface area contributed by atoms with Crippen LogP contribution in [0.3, 0.4) is 0 Å². The molecule has 0 aliphatic carbocycles. The molecule has 0 saturated heterocycles. The maximum Gasteiger partial charge on any atom is 0.128 e. The van der Waals surface area contributed by atoms with Crippen molar-refractivity contribution >= 4 is 0 Å².